The van der Waals surface area contributed by atoms with Gasteiger partial charge in [0.15, 0.2) is 0 Å². The Hall–Kier alpha value is -2.96. The van der Waals surface area contributed by atoms with Crippen LogP contribution in [0, 0.1) is 0 Å². The Balaban J connectivity index is 1.73. The largest absolute Gasteiger partial charge is 0.507 e. The molecule has 2 rings (SSSR count). The summed E-state index contributed by atoms with van der Waals surface area (Å²) in [5.74, 6) is -0.0415. The van der Waals surface area contributed by atoms with Crippen molar-refractivity contribution in [2.24, 2.45) is 5.10 Å². The van der Waals surface area contributed by atoms with Gasteiger partial charge >= 0.3 is 0 Å². The maximum atomic E-state index is 12.1. The van der Waals surface area contributed by atoms with Crippen LogP contribution in [0.2, 0.25) is 0 Å². The second kappa shape index (κ2) is 11.8. The summed E-state index contributed by atoms with van der Waals surface area (Å²) in [6, 6.07) is 15.7. The number of aromatic hydroxyl groups is 1. The van der Waals surface area contributed by atoms with Crippen LogP contribution in [-0.4, -0.2) is 60.8 Å². The minimum absolute atomic E-state index is 0.156. The van der Waals surface area contributed by atoms with Crippen molar-refractivity contribution < 1.29 is 9.90 Å². The maximum absolute atomic E-state index is 12.1. The van der Waals surface area contributed by atoms with Crippen LogP contribution in [0.1, 0.15) is 16.7 Å². The third-order valence-electron chi connectivity index (χ3n) is 4.48. The first-order valence-electron chi connectivity index (χ1n) is 9.64. The molecule has 0 spiro atoms. The molecule has 0 atom stereocenters. The lowest BCUT2D eigenvalue weighted by Gasteiger charge is -2.21. The number of hydrogen-bond acceptors (Lipinski definition) is 5. The summed E-state index contributed by atoms with van der Waals surface area (Å²) in [6.45, 7) is 6.42. The van der Waals surface area contributed by atoms with Gasteiger partial charge in [0, 0.05) is 25.2 Å². The molecule has 0 aliphatic carbocycles. The number of carbonyl (C=O) groups is 1. The van der Waals surface area contributed by atoms with E-state index in [0.29, 0.717) is 12.0 Å². The highest BCUT2D eigenvalue weighted by molar-refractivity contribution is 5.86. The van der Waals surface area contributed by atoms with Crippen molar-refractivity contribution in [3.05, 3.63) is 77.9 Å². The predicted molar refractivity (Wildman–Crippen MR) is 118 cm³/mol. The molecule has 0 unspecified atom stereocenters. The number of likely N-dealkylation sites (N-methyl/N-ethyl adjacent to an activating group) is 2. The van der Waals surface area contributed by atoms with Crippen LogP contribution in [-0.2, 0) is 17.8 Å². The Morgan fingerprint density at radius 3 is 2.55 bits per heavy atom. The lowest BCUT2D eigenvalue weighted by Crippen LogP contribution is -2.37. The van der Waals surface area contributed by atoms with E-state index in [0.717, 1.165) is 25.2 Å². The highest BCUT2D eigenvalue weighted by atomic mass is 16.3. The van der Waals surface area contributed by atoms with Crippen molar-refractivity contribution in [2.45, 2.75) is 13.0 Å². The van der Waals surface area contributed by atoms with Crippen molar-refractivity contribution in [3.8, 4) is 5.75 Å². The van der Waals surface area contributed by atoms with E-state index in [-0.39, 0.29) is 18.2 Å². The first-order valence-corrected chi connectivity index (χ1v) is 9.64. The van der Waals surface area contributed by atoms with Crippen LogP contribution >= 0.6 is 0 Å². The summed E-state index contributed by atoms with van der Waals surface area (Å²) in [6.07, 6.45) is 3.75. The zero-order valence-corrected chi connectivity index (χ0v) is 17.2. The van der Waals surface area contributed by atoms with Crippen LogP contribution in [0.15, 0.2) is 66.3 Å². The summed E-state index contributed by atoms with van der Waals surface area (Å²) in [4.78, 5) is 16.3. The minimum Gasteiger partial charge on any atom is -0.507 e. The number of carbonyl (C=O) groups excluding carboxylic acids is 1. The van der Waals surface area contributed by atoms with Gasteiger partial charge in [0.1, 0.15) is 5.75 Å². The van der Waals surface area contributed by atoms with Crippen LogP contribution in [0.3, 0.4) is 0 Å². The highest BCUT2D eigenvalue weighted by Crippen LogP contribution is 2.21. The molecule has 29 heavy (non-hydrogen) atoms. The number of amides is 1. The number of para-hydroxylation sites is 1. The number of phenols is 1. The predicted octanol–water partition coefficient (Wildman–Crippen LogP) is 2.63. The van der Waals surface area contributed by atoms with Crippen molar-refractivity contribution in [3.63, 3.8) is 0 Å². The van der Waals surface area contributed by atoms with E-state index in [9.17, 15) is 9.90 Å². The Bertz CT molecular complexity index is 821. The fourth-order valence-corrected chi connectivity index (χ4v) is 2.88. The summed E-state index contributed by atoms with van der Waals surface area (Å²) in [5, 5.41) is 14.2. The Kier molecular flexibility index (Phi) is 9.08. The fourth-order valence-electron chi connectivity index (χ4n) is 2.88. The van der Waals surface area contributed by atoms with Crippen molar-refractivity contribution >= 4 is 12.1 Å². The molecule has 0 saturated heterocycles. The van der Waals surface area contributed by atoms with Crippen LogP contribution in [0.5, 0.6) is 5.75 Å². The van der Waals surface area contributed by atoms with Gasteiger partial charge in [0.25, 0.3) is 5.91 Å². The Morgan fingerprint density at radius 2 is 1.83 bits per heavy atom. The number of hydrazone groups is 1. The van der Waals surface area contributed by atoms with Gasteiger partial charge in [-0.15, -0.1) is 6.58 Å². The molecule has 0 aliphatic rings. The molecule has 1 amide bonds. The molecule has 2 aromatic rings. The maximum Gasteiger partial charge on any atom is 0.254 e. The molecule has 0 saturated carbocycles. The molecule has 0 aromatic heterocycles. The van der Waals surface area contributed by atoms with E-state index < -0.39 is 0 Å². The SMILES string of the molecule is C=CCc1cccc(/C=N/NC(=O)CN(C)CCN(C)Cc2ccccc2)c1O. The second-order valence-electron chi connectivity index (χ2n) is 7.10. The average molecular weight is 395 g/mol. The molecule has 2 aromatic carbocycles. The summed E-state index contributed by atoms with van der Waals surface area (Å²) in [5.41, 5.74) is 5.11. The van der Waals surface area contributed by atoms with Gasteiger partial charge in [-0.25, -0.2) is 5.43 Å². The van der Waals surface area contributed by atoms with E-state index in [1.807, 2.05) is 42.3 Å². The Labute approximate surface area is 173 Å². The first kappa shape index (κ1) is 22.3. The van der Waals surface area contributed by atoms with Crippen molar-refractivity contribution in [1.29, 1.82) is 0 Å². The lowest BCUT2D eigenvalue weighted by atomic mass is 10.1. The highest BCUT2D eigenvalue weighted by Gasteiger charge is 2.08. The number of nitrogens with zero attached hydrogens (tertiary/aromatic N) is 3. The molecular weight excluding hydrogens is 364 g/mol. The molecular formula is C23H30N4O2. The topological polar surface area (TPSA) is 68.2 Å². The molecule has 0 aliphatic heterocycles. The molecule has 0 bridgehead atoms. The monoisotopic (exact) mass is 394 g/mol. The smallest absolute Gasteiger partial charge is 0.254 e. The van der Waals surface area contributed by atoms with E-state index in [1.54, 1.807) is 12.1 Å². The number of benzene rings is 2. The zero-order chi connectivity index (χ0) is 21.1. The molecule has 6 heteroatoms. The number of allylic oxidation sites excluding steroid dienone is 1. The number of rotatable bonds is 11. The van der Waals surface area contributed by atoms with Gasteiger partial charge in [-0.1, -0.05) is 48.5 Å². The van der Waals surface area contributed by atoms with Crippen LogP contribution in [0.25, 0.3) is 0 Å². The molecule has 154 valence electrons. The normalized spacial score (nSPS) is 11.3. The van der Waals surface area contributed by atoms with Gasteiger partial charge in [0.05, 0.1) is 12.8 Å². The number of phenolic OH excluding ortho intramolecular Hbond substituents is 1. The quantitative estimate of drug-likeness (QED) is 0.349. The average Bonchev–Trinajstić information content (AvgIpc) is 2.70. The molecule has 0 heterocycles. The molecule has 2 N–H and O–H groups in total. The Morgan fingerprint density at radius 1 is 1.10 bits per heavy atom. The minimum atomic E-state index is -0.198. The lowest BCUT2D eigenvalue weighted by molar-refractivity contribution is -0.121. The van der Waals surface area contributed by atoms with E-state index in [4.69, 9.17) is 0 Å². The van der Waals surface area contributed by atoms with Gasteiger partial charge in [0.2, 0.25) is 0 Å². The first-order chi connectivity index (χ1) is 14.0. The van der Waals surface area contributed by atoms with E-state index in [1.165, 1.54) is 11.8 Å². The van der Waals surface area contributed by atoms with Crippen molar-refractivity contribution in [1.82, 2.24) is 15.2 Å². The second-order valence-corrected chi connectivity index (χ2v) is 7.10. The number of hydrogen-bond donors (Lipinski definition) is 2. The van der Waals surface area contributed by atoms with E-state index in [2.05, 4.69) is 41.2 Å². The molecule has 0 fully saturated rings. The summed E-state index contributed by atoms with van der Waals surface area (Å²) in [7, 11) is 3.97. The van der Waals surface area contributed by atoms with E-state index >= 15 is 0 Å². The van der Waals surface area contributed by atoms with Gasteiger partial charge < -0.3 is 10.0 Å². The van der Waals surface area contributed by atoms with Gasteiger partial charge in [-0.05, 0) is 37.7 Å². The molecule has 6 nitrogen and oxygen atoms in total. The third-order valence-corrected chi connectivity index (χ3v) is 4.48. The summed E-state index contributed by atoms with van der Waals surface area (Å²) < 4.78 is 0. The summed E-state index contributed by atoms with van der Waals surface area (Å²) >= 11 is 0. The standard InChI is InChI=1S/C23H30N4O2/c1-4-9-20-12-8-13-21(23(20)29)16-24-25-22(28)18-27(3)15-14-26(2)17-19-10-6-5-7-11-19/h4-8,10-13,16,29H,1,9,14-15,17-18H2,2-3H3,(H,25,28)/b24-16+. The fraction of sp³-hybridized carbons (Fsp3) is 0.304. The van der Waals surface area contributed by atoms with Crippen molar-refractivity contribution in [2.75, 3.05) is 33.7 Å². The zero-order valence-electron chi connectivity index (χ0n) is 17.2. The number of nitrogens with one attached hydrogen (secondary N) is 1. The van der Waals surface area contributed by atoms with Crippen LogP contribution < -0.4 is 5.43 Å². The molecule has 0 radical (unpaired) electrons. The van der Waals surface area contributed by atoms with Crippen LogP contribution in [0.4, 0.5) is 0 Å². The third kappa shape index (κ3) is 7.89. The van der Waals surface area contributed by atoms with Gasteiger partial charge in [-0.2, -0.15) is 5.10 Å². The van der Waals surface area contributed by atoms with Gasteiger partial charge in [-0.3, -0.25) is 9.69 Å².